The van der Waals surface area contributed by atoms with Crippen LogP contribution in [0.15, 0.2) is 36.4 Å². The Morgan fingerprint density at radius 2 is 2.00 bits per heavy atom. The first-order chi connectivity index (χ1) is 14.6. The van der Waals surface area contributed by atoms with Gasteiger partial charge in [0.2, 0.25) is 0 Å². The van der Waals surface area contributed by atoms with Gasteiger partial charge in [0, 0.05) is 28.0 Å². The van der Waals surface area contributed by atoms with Gasteiger partial charge in [0.15, 0.2) is 0 Å². The SMILES string of the molecule is CC1(CC2NC(C(=O)O)C(c3cccc(Cl)c3F)C2(N)c2ccc(Cl)cc2F)COC1. The Bertz CT molecular complexity index is 1030. The summed E-state index contributed by atoms with van der Waals surface area (Å²) >= 11 is 11.9. The van der Waals surface area contributed by atoms with Crippen molar-refractivity contribution in [1.82, 2.24) is 5.32 Å². The van der Waals surface area contributed by atoms with E-state index in [1.807, 2.05) is 6.92 Å². The average Bonchev–Trinajstić information content (AvgIpc) is 2.96. The summed E-state index contributed by atoms with van der Waals surface area (Å²) in [5, 5.41) is 13.0. The fraction of sp³-hybridized carbons (Fsp3) is 0.409. The smallest absolute Gasteiger partial charge is 0.321 e. The van der Waals surface area contributed by atoms with E-state index in [0.717, 1.165) is 6.07 Å². The van der Waals surface area contributed by atoms with Gasteiger partial charge in [0.25, 0.3) is 0 Å². The number of nitrogens with two attached hydrogens (primary N) is 1. The minimum Gasteiger partial charge on any atom is -0.480 e. The highest BCUT2D eigenvalue weighted by atomic mass is 35.5. The van der Waals surface area contributed by atoms with Crippen molar-refractivity contribution in [2.24, 2.45) is 11.1 Å². The van der Waals surface area contributed by atoms with Crippen molar-refractivity contribution in [3.63, 3.8) is 0 Å². The minimum absolute atomic E-state index is 0.0155. The first kappa shape index (κ1) is 22.4. The first-order valence-electron chi connectivity index (χ1n) is 9.82. The van der Waals surface area contributed by atoms with E-state index in [1.54, 1.807) is 0 Å². The Kier molecular flexibility index (Phi) is 5.77. The van der Waals surface area contributed by atoms with Crippen LogP contribution < -0.4 is 11.1 Å². The number of rotatable bonds is 5. The standard InChI is InChI=1S/C22H22Cl2F2N2O3/c1-21(9-31-10-21)8-16-22(27,13-6-5-11(23)7-15(13)25)17(19(28-16)20(29)30)12-3-2-4-14(24)18(12)26/h2-7,16-17,19,28H,8-10,27H2,1H3,(H,29,30). The van der Waals surface area contributed by atoms with Gasteiger partial charge in [-0.05, 0) is 30.2 Å². The van der Waals surface area contributed by atoms with Gasteiger partial charge in [-0.2, -0.15) is 0 Å². The predicted molar refractivity (Wildman–Crippen MR) is 113 cm³/mol. The van der Waals surface area contributed by atoms with Gasteiger partial charge in [-0.25, -0.2) is 8.78 Å². The summed E-state index contributed by atoms with van der Waals surface area (Å²) in [6.45, 7) is 2.93. The zero-order valence-corrected chi connectivity index (χ0v) is 18.2. The quantitative estimate of drug-likeness (QED) is 0.613. The Labute approximate surface area is 188 Å². The maximum absolute atomic E-state index is 15.2. The van der Waals surface area contributed by atoms with Crippen LogP contribution in [0, 0.1) is 17.0 Å². The van der Waals surface area contributed by atoms with Crippen LogP contribution >= 0.6 is 23.2 Å². The van der Waals surface area contributed by atoms with E-state index in [0.29, 0.717) is 19.6 Å². The van der Waals surface area contributed by atoms with Crippen molar-refractivity contribution >= 4 is 29.2 Å². The number of aliphatic carboxylic acids is 1. The van der Waals surface area contributed by atoms with Gasteiger partial charge >= 0.3 is 5.97 Å². The van der Waals surface area contributed by atoms with Crippen molar-refractivity contribution in [2.75, 3.05) is 13.2 Å². The van der Waals surface area contributed by atoms with E-state index in [4.69, 9.17) is 33.7 Å². The van der Waals surface area contributed by atoms with Crippen LogP contribution in [-0.2, 0) is 15.1 Å². The number of carbonyl (C=O) groups is 1. The molecule has 2 aromatic carbocycles. The molecule has 4 rings (SSSR count). The van der Waals surface area contributed by atoms with Crippen molar-refractivity contribution in [2.45, 2.75) is 36.9 Å². The number of hydrogen-bond donors (Lipinski definition) is 3. The third kappa shape index (κ3) is 3.72. The van der Waals surface area contributed by atoms with Crippen LogP contribution in [0.3, 0.4) is 0 Å². The fourth-order valence-electron chi connectivity index (χ4n) is 4.84. The summed E-state index contributed by atoms with van der Waals surface area (Å²) < 4.78 is 35.6. The van der Waals surface area contributed by atoms with Gasteiger partial charge in [0.1, 0.15) is 17.7 Å². The zero-order valence-electron chi connectivity index (χ0n) is 16.7. The number of hydrogen-bond acceptors (Lipinski definition) is 4. The number of benzene rings is 2. The Morgan fingerprint density at radius 1 is 1.29 bits per heavy atom. The van der Waals surface area contributed by atoms with Crippen LogP contribution in [0.5, 0.6) is 0 Å². The highest BCUT2D eigenvalue weighted by Gasteiger charge is 2.59. The molecule has 2 saturated heterocycles. The molecule has 5 nitrogen and oxygen atoms in total. The molecule has 0 amide bonds. The van der Waals surface area contributed by atoms with Crippen molar-refractivity contribution in [1.29, 1.82) is 0 Å². The maximum Gasteiger partial charge on any atom is 0.321 e. The Balaban J connectivity index is 1.93. The van der Waals surface area contributed by atoms with Gasteiger partial charge < -0.3 is 15.6 Å². The highest BCUT2D eigenvalue weighted by Crippen LogP contribution is 2.50. The third-order valence-corrected chi connectivity index (χ3v) is 6.91. The van der Waals surface area contributed by atoms with Gasteiger partial charge in [-0.3, -0.25) is 10.1 Å². The average molecular weight is 471 g/mol. The van der Waals surface area contributed by atoms with Crippen LogP contribution in [-0.4, -0.2) is 36.4 Å². The summed E-state index contributed by atoms with van der Waals surface area (Å²) in [5.41, 5.74) is 5.14. The topological polar surface area (TPSA) is 84.6 Å². The number of halogens is 4. The number of carboxylic acid groups (broad SMARTS) is 1. The van der Waals surface area contributed by atoms with Crippen LogP contribution in [0.2, 0.25) is 10.0 Å². The molecule has 0 bridgehead atoms. The molecule has 4 unspecified atom stereocenters. The largest absolute Gasteiger partial charge is 0.480 e. The molecule has 0 aromatic heterocycles. The van der Waals surface area contributed by atoms with Crippen molar-refractivity contribution in [3.05, 3.63) is 69.2 Å². The summed E-state index contributed by atoms with van der Waals surface area (Å²) in [6.07, 6.45) is 0.411. The maximum atomic E-state index is 15.2. The molecule has 2 aliphatic rings. The summed E-state index contributed by atoms with van der Waals surface area (Å²) in [6, 6.07) is 6.43. The third-order valence-electron chi connectivity index (χ3n) is 6.38. The van der Waals surface area contributed by atoms with E-state index in [1.165, 1.54) is 30.3 Å². The van der Waals surface area contributed by atoms with Gasteiger partial charge in [-0.1, -0.05) is 48.3 Å². The molecule has 31 heavy (non-hydrogen) atoms. The molecular formula is C22H22Cl2F2N2O3. The van der Waals surface area contributed by atoms with Crippen molar-refractivity contribution in [3.8, 4) is 0 Å². The molecule has 166 valence electrons. The molecule has 9 heteroatoms. The molecule has 4 atom stereocenters. The molecule has 0 radical (unpaired) electrons. The molecule has 0 saturated carbocycles. The summed E-state index contributed by atoms with van der Waals surface area (Å²) in [5.74, 6) is -3.81. The molecule has 0 aliphatic carbocycles. The number of carboxylic acids is 1. The normalized spacial score (nSPS) is 29.5. The van der Waals surface area contributed by atoms with Crippen LogP contribution in [0.4, 0.5) is 8.78 Å². The lowest BCUT2D eigenvalue weighted by atomic mass is 9.67. The van der Waals surface area contributed by atoms with Crippen LogP contribution in [0.25, 0.3) is 0 Å². The molecule has 2 heterocycles. The second-order valence-electron chi connectivity index (χ2n) is 8.72. The second kappa shape index (κ2) is 7.98. The van der Waals surface area contributed by atoms with E-state index in [2.05, 4.69) is 5.32 Å². The lowest BCUT2D eigenvalue weighted by Crippen LogP contribution is -2.55. The van der Waals surface area contributed by atoms with Crippen LogP contribution in [0.1, 0.15) is 30.4 Å². The predicted octanol–water partition coefficient (Wildman–Crippen LogP) is 4.06. The molecule has 4 N–H and O–H groups in total. The van der Waals surface area contributed by atoms with Gasteiger partial charge in [-0.15, -0.1) is 0 Å². The summed E-state index contributed by atoms with van der Waals surface area (Å²) in [7, 11) is 0. The second-order valence-corrected chi connectivity index (χ2v) is 9.56. The Hall–Kier alpha value is -1.77. The monoisotopic (exact) mass is 470 g/mol. The number of nitrogens with one attached hydrogen (secondary N) is 1. The van der Waals surface area contributed by atoms with E-state index in [9.17, 15) is 9.90 Å². The van der Waals surface area contributed by atoms with Gasteiger partial charge in [0.05, 0.1) is 23.8 Å². The molecule has 2 aromatic rings. The van der Waals surface area contributed by atoms with E-state index >= 15 is 8.78 Å². The number of ether oxygens (including phenoxy) is 1. The lowest BCUT2D eigenvalue weighted by Gasteiger charge is -2.44. The zero-order chi connectivity index (χ0) is 22.6. The minimum atomic E-state index is -1.60. The Morgan fingerprint density at radius 3 is 2.58 bits per heavy atom. The first-order valence-corrected chi connectivity index (χ1v) is 10.6. The van der Waals surface area contributed by atoms with E-state index in [-0.39, 0.29) is 26.6 Å². The molecule has 2 fully saturated rings. The van der Waals surface area contributed by atoms with E-state index < -0.39 is 41.1 Å². The summed E-state index contributed by atoms with van der Waals surface area (Å²) in [4.78, 5) is 12.2. The molecular weight excluding hydrogens is 449 g/mol. The lowest BCUT2D eigenvalue weighted by molar-refractivity contribution is -0.139. The molecule has 0 spiro atoms. The molecule has 2 aliphatic heterocycles. The van der Waals surface area contributed by atoms with Crippen molar-refractivity contribution < 1.29 is 23.4 Å². The fourth-order valence-corrected chi connectivity index (χ4v) is 5.18. The highest BCUT2D eigenvalue weighted by molar-refractivity contribution is 6.31.